The second-order valence-corrected chi connectivity index (χ2v) is 2.98. The van der Waals surface area contributed by atoms with Crippen molar-refractivity contribution in [2.75, 3.05) is 5.32 Å². The molecule has 5 nitrogen and oxygen atoms in total. The number of aromatic nitrogens is 3. The second kappa shape index (κ2) is 2.58. The largest absolute Gasteiger partial charge is 0.352 e. The first-order chi connectivity index (χ1) is 5.81. The van der Waals surface area contributed by atoms with Crippen molar-refractivity contribution in [3.8, 4) is 0 Å². The number of hydrogen-bond donors (Lipinski definition) is 1. The number of hydrogen-bond acceptors (Lipinski definition) is 4. The highest BCUT2D eigenvalue weighted by atomic mass is 16.1. The van der Waals surface area contributed by atoms with Gasteiger partial charge in [0, 0.05) is 13.1 Å². The summed E-state index contributed by atoms with van der Waals surface area (Å²) in [7, 11) is 1.77. The summed E-state index contributed by atoms with van der Waals surface area (Å²) in [4.78, 5) is 10.4. The molecule has 1 N–H and O–H groups in total. The lowest BCUT2D eigenvalue weighted by atomic mass is 10.6. The lowest BCUT2D eigenvalue weighted by Crippen LogP contribution is -2.07. The molecule has 0 amide bonds. The second-order valence-electron chi connectivity index (χ2n) is 2.98. The zero-order valence-electron chi connectivity index (χ0n) is 6.82. The Morgan fingerprint density at radius 3 is 2.83 bits per heavy atom. The minimum absolute atomic E-state index is 0.359. The Morgan fingerprint density at radius 1 is 1.58 bits per heavy atom. The molecule has 2 rings (SSSR count). The van der Waals surface area contributed by atoms with Crippen LogP contribution in [0.25, 0.3) is 0 Å². The van der Waals surface area contributed by atoms with Gasteiger partial charge in [0.25, 0.3) is 0 Å². The molecule has 5 heteroatoms. The smallest absolute Gasteiger partial charge is 0.224 e. The van der Waals surface area contributed by atoms with E-state index in [9.17, 15) is 4.79 Å². The third kappa shape index (κ3) is 1.17. The van der Waals surface area contributed by atoms with Gasteiger partial charge in [0.1, 0.15) is 0 Å². The Bertz CT molecular complexity index is 302. The lowest BCUT2D eigenvalue weighted by molar-refractivity contribution is 0.111. The normalized spacial score (nSPS) is 16.1. The van der Waals surface area contributed by atoms with E-state index in [0.717, 1.165) is 0 Å². The summed E-state index contributed by atoms with van der Waals surface area (Å²) in [6.07, 6.45) is 3.07. The van der Waals surface area contributed by atoms with Crippen molar-refractivity contribution in [3.63, 3.8) is 0 Å². The summed E-state index contributed by atoms with van der Waals surface area (Å²) in [6, 6.07) is 0.535. The van der Waals surface area contributed by atoms with Crippen molar-refractivity contribution >= 4 is 12.2 Å². The fourth-order valence-corrected chi connectivity index (χ4v) is 0.980. The molecule has 1 aromatic rings. The third-order valence-corrected chi connectivity index (χ3v) is 1.92. The molecule has 0 saturated heterocycles. The van der Waals surface area contributed by atoms with Crippen molar-refractivity contribution < 1.29 is 4.79 Å². The van der Waals surface area contributed by atoms with Crippen molar-refractivity contribution in [3.05, 3.63) is 5.82 Å². The quantitative estimate of drug-likeness (QED) is 0.652. The highest BCUT2D eigenvalue weighted by molar-refractivity contribution is 5.69. The van der Waals surface area contributed by atoms with Crippen LogP contribution in [0.15, 0.2) is 0 Å². The van der Waals surface area contributed by atoms with Gasteiger partial charge >= 0.3 is 0 Å². The molecular formula is C7H10N4O. The first kappa shape index (κ1) is 7.27. The number of carbonyl (C=O) groups is 1. The van der Waals surface area contributed by atoms with Crippen LogP contribution in [-0.2, 0) is 7.05 Å². The standard InChI is InChI=1S/C7H10N4O/c1-11-6(4-12)9-10-7(11)8-5-2-3-5/h4-5H,2-3H2,1H3,(H,8,10). The number of anilines is 1. The maximum absolute atomic E-state index is 10.4. The Balaban J connectivity index is 2.18. The zero-order valence-corrected chi connectivity index (χ0v) is 6.82. The fraction of sp³-hybridized carbons (Fsp3) is 0.571. The highest BCUT2D eigenvalue weighted by Crippen LogP contribution is 2.23. The molecule has 0 spiro atoms. The molecule has 0 aliphatic heterocycles. The SMILES string of the molecule is Cn1c(C=O)nnc1NC1CC1. The molecular weight excluding hydrogens is 156 g/mol. The molecule has 1 aliphatic rings. The number of aldehydes is 1. The number of nitrogens with one attached hydrogen (secondary N) is 1. The van der Waals surface area contributed by atoms with Gasteiger partial charge < -0.3 is 5.32 Å². The Kier molecular flexibility index (Phi) is 1.56. The molecule has 1 fully saturated rings. The minimum Gasteiger partial charge on any atom is -0.352 e. The molecule has 64 valence electrons. The molecule has 12 heavy (non-hydrogen) atoms. The van der Waals surface area contributed by atoms with Crippen LogP contribution < -0.4 is 5.32 Å². The minimum atomic E-state index is 0.359. The van der Waals surface area contributed by atoms with Gasteiger partial charge in [0.05, 0.1) is 0 Å². The summed E-state index contributed by atoms with van der Waals surface area (Å²) in [5.41, 5.74) is 0. The van der Waals surface area contributed by atoms with E-state index in [4.69, 9.17) is 0 Å². The van der Waals surface area contributed by atoms with Crippen LogP contribution in [-0.4, -0.2) is 27.1 Å². The number of nitrogens with zero attached hydrogens (tertiary/aromatic N) is 3. The Labute approximate surface area is 69.8 Å². The van der Waals surface area contributed by atoms with Gasteiger partial charge in [-0.15, -0.1) is 10.2 Å². The third-order valence-electron chi connectivity index (χ3n) is 1.92. The van der Waals surface area contributed by atoms with Gasteiger partial charge in [0.15, 0.2) is 12.1 Å². The van der Waals surface area contributed by atoms with Crippen LogP contribution >= 0.6 is 0 Å². The zero-order chi connectivity index (χ0) is 8.55. The van der Waals surface area contributed by atoms with Gasteiger partial charge in [-0.1, -0.05) is 0 Å². The van der Waals surface area contributed by atoms with Gasteiger partial charge in [-0.25, -0.2) is 0 Å². The van der Waals surface area contributed by atoms with E-state index in [2.05, 4.69) is 15.5 Å². The maximum Gasteiger partial charge on any atom is 0.224 e. The van der Waals surface area contributed by atoms with Gasteiger partial charge in [-0.05, 0) is 12.8 Å². The predicted molar refractivity (Wildman–Crippen MR) is 43.0 cm³/mol. The summed E-state index contributed by atoms with van der Waals surface area (Å²) in [5.74, 6) is 1.04. The van der Waals surface area contributed by atoms with Crippen LogP contribution in [0, 0.1) is 0 Å². The van der Waals surface area contributed by atoms with E-state index in [1.54, 1.807) is 11.6 Å². The average Bonchev–Trinajstić information content (AvgIpc) is 2.80. The summed E-state index contributed by atoms with van der Waals surface area (Å²) >= 11 is 0. The number of carbonyl (C=O) groups excluding carboxylic acids is 1. The molecule has 1 heterocycles. The van der Waals surface area contributed by atoms with Crippen LogP contribution in [0.2, 0.25) is 0 Å². The molecule has 0 radical (unpaired) electrons. The fourth-order valence-electron chi connectivity index (χ4n) is 0.980. The van der Waals surface area contributed by atoms with Crippen LogP contribution in [0.3, 0.4) is 0 Å². The maximum atomic E-state index is 10.4. The van der Waals surface area contributed by atoms with E-state index in [0.29, 0.717) is 24.1 Å². The molecule has 0 atom stereocenters. The first-order valence-electron chi connectivity index (χ1n) is 3.92. The topological polar surface area (TPSA) is 59.8 Å². The molecule has 1 saturated carbocycles. The van der Waals surface area contributed by atoms with E-state index < -0.39 is 0 Å². The van der Waals surface area contributed by atoms with Crippen LogP contribution in [0.5, 0.6) is 0 Å². The lowest BCUT2D eigenvalue weighted by Gasteiger charge is -2.01. The van der Waals surface area contributed by atoms with E-state index in [-0.39, 0.29) is 0 Å². The number of rotatable bonds is 3. The monoisotopic (exact) mass is 166 g/mol. The predicted octanol–water partition coefficient (Wildman–Crippen LogP) is 0.202. The van der Waals surface area contributed by atoms with Crippen molar-refractivity contribution in [1.82, 2.24) is 14.8 Å². The molecule has 0 aromatic carbocycles. The van der Waals surface area contributed by atoms with E-state index in [1.807, 2.05) is 0 Å². The van der Waals surface area contributed by atoms with Crippen LogP contribution in [0.4, 0.5) is 5.95 Å². The Hall–Kier alpha value is -1.39. The van der Waals surface area contributed by atoms with Crippen molar-refractivity contribution in [2.24, 2.45) is 7.05 Å². The summed E-state index contributed by atoms with van der Waals surface area (Å²) < 4.78 is 1.66. The Morgan fingerprint density at radius 2 is 2.33 bits per heavy atom. The van der Waals surface area contributed by atoms with Gasteiger partial charge in [0.2, 0.25) is 5.95 Å². The molecule has 0 bridgehead atoms. The summed E-state index contributed by atoms with van der Waals surface area (Å²) in [6.45, 7) is 0. The van der Waals surface area contributed by atoms with Crippen LogP contribution in [0.1, 0.15) is 23.5 Å². The average molecular weight is 166 g/mol. The van der Waals surface area contributed by atoms with Crippen molar-refractivity contribution in [2.45, 2.75) is 18.9 Å². The summed E-state index contributed by atoms with van der Waals surface area (Å²) in [5, 5.41) is 10.7. The van der Waals surface area contributed by atoms with E-state index in [1.165, 1.54) is 12.8 Å². The van der Waals surface area contributed by atoms with Crippen molar-refractivity contribution in [1.29, 1.82) is 0 Å². The molecule has 1 aliphatic carbocycles. The van der Waals surface area contributed by atoms with E-state index >= 15 is 0 Å². The van der Waals surface area contributed by atoms with Gasteiger partial charge in [-0.3, -0.25) is 9.36 Å². The highest BCUT2D eigenvalue weighted by Gasteiger charge is 2.23. The molecule has 1 aromatic heterocycles. The molecule has 0 unspecified atom stereocenters. The van der Waals surface area contributed by atoms with Gasteiger partial charge in [-0.2, -0.15) is 0 Å². The first-order valence-corrected chi connectivity index (χ1v) is 3.92.